The molecule has 3 heteroatoms. The number of esters is 1. The quantitative estimate of drug-likeness (QED) is 0.538. The van der Waals surface area contributed by atoms with Crippen molar-refractivity contribution in [3.63, 3.8) is 0 Å². The van der Waals surface area contributed by atoms with Gasteiger partial charge in [0.05, 0.1) is 0 Å². The van der Waals surface area contributed by atoms with Crippen LogP contribution in [-0.2, 0) is 9.53 Å². The van der Waals surface area contributed by atoms with Crippen molar-refractivity contribution in [1.29, 1.82) is 0 Å². The fraction of sp³-hybridized carbons (Fsp3) is 0.625. The van der Waals surface area contributed by atoms with E-state index in [9.17, 15) is 4.79 Å². The molecule has 2 nitrogen and oxygen atoms in total. The van der Waals surface area contributed by atoms with E-state index < -0.39 is 0 Å². The molecule has 1 atom stereocenters. The van der Waals surface area contributed by atoms with Crippen LogP contribution in [0.25, 0.3) is 0 Å². The van der Waals surface area contributed by atoms with Crippen LogP contribution in [0.3, 0.4) is 0 Å². The van der Waals surface area contributed by atoms with Gasteiger partial charge >= 0.3 is 5.97 Å². The molecule has 1 unspecified atom stereocenters. The van der Waals surface area contributed by atoms with Crippen molar-refractivity contribution in [3.8, 4) is 0 Å². The van der Waals surface area contributed by atoms with Crippen molar-refractivity contribution < 1.29 is 9.53 Å². The molecule has 0 saturated carbocycles. The summed E-state index contributed by atoms with van der Waals surface area (Å²) in [6, 6.07) is 0. The van der Waals surface area contributed by atoms with Gasteiger partial charge in [0.2, 0.25) is 0 Å². The molecule has 0 N–H and O–H groups in total. The summed E-state index contributed by atoms with van der Waals surface area (Å²) in [5.41, 5.74) is 0. The van der Waals surface area contributed by atoms with Gasteiger partial charge in [-0.25, -0.2) is 0 Å². The predicted molar refractivity (Wildman–Crippen MR) is 51.5 cm³/mol. The van der Waals surface area contributed by atoms with Gasteiger partial charge in [0.1, 0.15) is 6.10 Å². The third-order valence-electron chi connectivity index (χ3n) is 1.63. The minimum Gasteiger partial charge on any atom is -0.457 e. The maximum atomic E-state index is 10.6. The molecule has 0 aromatic carbocycles. The van der Waals surface area contributed by atoms with Crippen LogP contribution in [0.5, 0.6) is 0 Å². The highest BCUT2D eigenvalue weighted by molar-refractivity contribution is 14.1. The highest BCUT2D eigenvalue weighted by Crippen LogP contribution is 2.25. The minimum absolute atomic E-state index is 0.0434. The topological polar surface area (TPSA) is 26.3 Å². The lowest BCUT2D eigenvalue weighted by atomic mass is 10.1. The van der Waals surface area contributed by atoms with Crippen LogP contribution in [-0.4, -0.2) is 12.1 Å². The third kappa shape index (κ3) is 2.81. The monoisotopic (exact) mass is 266 g/mol. The summed E-state index contributed by atoms with van der Waals surface area (Å²) >= 11 is 2.24. The smallest absolute Gasteiger partial charge is 0.303 e. The van der Waals surface area contributed by atoms with Crippen molar-refractivity contribution in [1.82, 2.24) is 0 Å². The van der Waals surface area contributed by atoms with Gasteiger partial charge in [0.15, 0.2) is 0 Å². The van der Waals surface area contributed by atoms with Gasteiger partial charge in [-0.05, 0) is 41.9 Å². The van der Waals surface area contributed by atoms with Crippen LogP contribution < -0.4 is 0 Å². The maximum absolute atomic E-state index is 10.6. The molecule has 0 spiro atoms. The predicted octanol–water partition coefficient (Wildman–Crippen LogP) is 2.42. The Kier molecular flexibility index (Phi) is 3.36. The number of allylic oxidation sites excluding steroid dienone is 1. The van der Waals surface area contributed by atoms with Gasteiger partial charge in [-0.15, -0.1) is 0 Å². The summed E-state index contributed by atoms with van der Waals surface area (Å²) in [4.78, 5) is 10.6. The normalized spacial score (nSPS) is 24.2. The Balaban J connectivity index is 2.50. The standard InChI is InChI=1S/C8H11IO2/c1-6(10)11-8-5-3-2-4-7(8)9/h4,8H,2-3,5H2,1H3. The van der Waals surface area contributed by atoms with Crippen LogP contribution in [0, 0.1) is 0 Å². The van der Waals surface area contributed by atoms with E-state index in [1.165, 1.54) is 10.5 Å². The van der Waals surface area contributed by atoms with Gasteiger partial charge in [0, 0.05) is 10.5 Å². The third-order valence-corrected chi connectivity index (χ3v) is 2.76. The molecular formula is C8H11IO2. The second-order valence-corrected chi connectivity index (χ2v) is 3.86. The molecule has 0 heterocycles. The zero-order valence-corrected chi connectivity index (χ0v) is 8.63. The molecule has 1 rings (SSSR count). The van der Waals surface area contributed by atoms with Crippen molar-refractivity contribution in [3.05, 3.63) is 9.66 Å². The highest BCUT2D eigenvalue weighted by atomic mass is 127. The van der Waals surface area contributed by atoms with Gasteiger partial charge in [-0.1, -0.05) is 6.08 Å². The first kappa shape index (κ1) is 9.03. The van der Waals surface area contributed by atoms with Gasteiger partial charge in [-0.2, -0.15) is 0 Å². The molecule has 11 heavy (non-hydrogen) atoms. The Bertz CT molecular complexity index is 187. The van der Waals surface area contributed by atoms with Gasteiger partial charge in [-0.3, -0.25) is 4.79 Å². The second kappa shape index (κ2) is 4.09. The van der Waals surface area contributed by atoms with E-state index in [0.717, 1.165) is 19.3 Å². The minimum atomic E-state index is -0.181. The number of ether oxygens (including phenoxy) is 1. The molecule has 0 aliphatic heterocycles. The lowest BCUT2D eigenvalue weighted by molar-refractivity contribution is -0.144. The molecule has 0 radical (unpaired) electrons. The zero-order chi connectivity index (χ0) is 8.27. The van der Waals surface area contributed by atoms with E-state index in [0.29, 0.717) is 0 Å². The second-order valence-electron chi connectivity index (χ2n) is 2.62. The first-order chi connectivity index (χ1) is 5.20. The lowest BCUT2D eigenvalue weighted by Gasteiger charge is -2.19. The average molecular weight is 266 g/mol. The largest absolute Gasteiger partial charge is 0.457 e. The summed E-state index contributed by atoms with van der Waals surface area (Å²) in [5, 5.41) is 0. The number of carbonyl (C=O) groups excluding carboxylic acids is 1. The van der Waals surface area contributed by atoms with E-state index in [4.69, 9.17) is 4.74 Å². The molecule has 1 aliphatic carbocycles. The molecule has 0 aromatic rings. The molecule has 0 fully saturated rings. The lowest BCUT2D eigenvalue weighted by Crippen LogP contribution is -2.18. The van der Waals surface area contributed by atoms with E-state index >= 15 is 0 Å². The number of halogens is 1. The molecule has 0 aromatic heterocycles. The van der Waals surface area contributed by atoms with Crippen LogP contribution in [0.4, 0.5) is 0 Å². The van der Waals surface area contributed by atoms with Crippen molar-refractivity contribution >= 4 is 28.6 Å². The Morgan fingerprint density at radius 1 is 1.82 bits per heavy atom. The Labute approximate surface area is 80.1 Å². The van der Waals surface area contributed by atoms with Crippen molar-refractivity contribution in [2.45, 2.75) is 32.3 Å². The molecule has 1 aliphatic rings. The van der Waals surface area contributed by atoms with Crippen LogP contribution in [0.15, 0.2) is 9.66 Å². The van der Waals surface area contributed by atoms with Crippen molar-refractivity contribution in [2.75, 3.05) is 0 Å². The number of hydrogen-bond donors (Lipinski definition) is 0. The summed E-state index contributed by atoms with van der Waals surface area (Å²) in [6.07, 6.45) is 5.41. The van der Waals surface area contributed by atoms with Crippen LogP contribution >= 0.6 is 22.6 Å². The highest BCUT2D eigenvalue weighted by Gasteiger charge is 2.17. The maximum Gasteiger partial charge on any atom is 0.303 e. The Morgan fingerprint density at radius 2 is 2.55 bits per heavy atom. The molecule has 0 saturated heterocycles. The number of carbonyl (C=O) groups is 1. The van der Waals surface area contributed by atoms with E-state index in [1.54, 1.807) is 0 Å². The summed E-state index contributed by atoms with van der Waals surface area (Å²) in [6.45, 7) is 1.46. The van der Waals surface area contributed by atoms with Gasteiger partial charge in [0.25, 0.3) is 0 Å². The molecule has 0 bridgehead atoms. The number of hydrogen-bond acceptors (Lipinski definition) is 2. The Hall–Kier alpha value is -0.0600. The van der Waals surface area contributed by atoms with Crippen molar-refractivity contribution in [2.24, 2.45) is 0 Å². The first-order valence-corrected chi connectivity index (χ1v) is 4.81. The SMILES string of the molecule is CC(=O)OC1CCCC=C1I. The zero-order valence-electron chi connectivity index (χ0n) is 6.47. The Morgan fingerprint density at radius 3 is 3.09 bits per heavy atom. The van der Waals surface area contributed by atoms with E-state index in [-0.39, 0.29) is 12.1 Å². The number of rotatable bonds is 1. The first-order valence-electron chi connectivity index (χ1n) is 3.73. The fourth-order valence-corrected chi connectivity index (χ4v) is 1.88. The van der Waals surface area contributed by atoms with E-state index in [1.807, 2.05) is 0 Å². The van der Waals surface area contributed by atoms with Crippen LogP contribution in [0.2, 0.25) is 0 Å². The average Bonchev–Trinajstić information content (AvgIpc) is 1.93. The van der Waals surface area contributed by atoms with Gasteiger partial charge < -0.3 is 4.74 Å². The summed E-state index contributed by atoms with van der Waals surface area (Å²) < 4.78 is 6.26. The summed E-state index contributed by atoms with van der Waals surface area (Å²) in [5.74, 6) is -0.181. The summed E-state index contributed by atoms with van der Waals surface area (Å²) in [7, 11) is 0. The van der Waals surface area contributed by atoms with Crippen LogP contribution in [0.1, 0.15) is 26.2 Å². The molecule has 62 valence electrons. The fourth-order valence-electron chi connectivity index (χ4n) is 1.13. The van der Waals surface area contributed by atoms with E-state index in [2.05, 4.69) is 28.7 Å². The molecule has 0 amide bonds. The molecular weight excluding hydrogens is 255 g/mol.